The predicted molar refractivity (Wildman–Crippen MR) is 121 cm³/mol. The molecule has 0 heterocycles. The van der Waals surface area contributed by atoms with Crippen molar-refractivity contribution >= 4 is 22.1 Å². The average molecular weight is 449 g/mol. The molecule has 0 fully saturated rings. The van der Waals surface area contributed by atoms with Crippen LogP contribution >= 0.6 is 0 Å². The van der Waals surface area contributed by atoms with Crippen LogP contribution in [-0.4, -0.2) is 35.6 Å². The molecular formula is C22H44N2O5S. The normalized spacial score (nSPS) is 11.5. The fraction of sp³-hybridized carbons (Fsp3) is 0.909. The molecule has 2 amide bonds. The van der Waals surface area contributed by atoms with Gasteiger partial charge in [-0.1, -0.05) is 103 Å². The van der Waals surface area contributed by atoms with Crippen molar-refractivity contribution in [1.29, 1.82) is 0 Å². The van der Waals surface area contributed by atoms with Crippen molar-refractivity contribution in [3.05, 3.63) is 0 Å². The summed E-state index contributed by atoms with van der Waals surface area (Å²) in [5.74, 6) is -1.47. The van der Waals surface area contributed by atoms with E-state index in [0.29, 0.717) is 10.7 Å². The molecule has 0 aliphatic heterocycles. The first-order chi connectivity index (χ1) is 14.3. The summed E-state index contributed by atoms with van der Waals surface area (Å²) in [5.41, 5.74) is 4.97. The van der Waals surface area contributed by atoms with Gasteiger partial charge in [-0.05, 0) is 6.42 Å². The molecular weight excluding hydrogens is 404 g/mol. The molecule has 0 saturated carbocycles. The molecule has 0 bridgehead atoms. The lowest BCUT2D eigenvalue weighted by Crippen LogP contribution is -2.37. The minimum Gasteiger partial charge on any atom is -0.370 e. The van der Waals surface area contributed by atoms with Gasteiger partial charge >= 0.3 is 10.3 Å². The van der Waals surface area contributed by atoms with Gasteiger partial charge in [0.05, 0.1) is 0 Å². The second-order valence-electron chi connectivity index (χ2n) is 8.21. The summed E-state index contributed by atoms with van der Waals surface area (Å²) in [7, 11) is -4.60. The lowest BCUT2D eigenvalue weighted by molar-refractivity contribution is -0.129. The highest BCUT2D eigenvalue weighted by Gasteiger charge is 2.24. The molecule has 0 spiro atoms. The smallest absolute Gasteiger partial charge is 0.362 e. The highest BCUT2D eigenvalue weighted by atomic mass is 32.2. The van der Waals surface area contributed by atoms with Gasteiger partial charge in [0.1, 0.15) is 0 Å². The maximum absolute atomic E-state index is 11.9. The Morgan fingerprint density at radius 1 is 0.700 bits per heavy atom. The molecule has 7 nitrogen and oxygen atoms in total. The van der Waals surface area contributed by atoms with Crippen LogP contribution in [0.4, 0.5) is 0 Å². The molecule has 30 heavy (non-hydrogen) atoms. The van der Waals surface area contributed by atoms with E-state index in [0.717, 1.165) is 19.3 Å². The summed E-state index contributed by atoms with van der Waals surface area (Å²) in [6, 6.07) is 0. The number of rotatable bonds is 21. The second-order valence-corrected chi connectivity index (χ2v) is 9.55. The van der Waals surface area contributed by atoms with Gasteiger partial charge in [-0.25, -0.2) is 4.31 Å². The number of amides is 2. The van der Waals surface area contributed by atoms with Crippen LogP contribution in [0.5, 0.6) is 0 Å². The largest absolute Gasteiger partial charge is 0.370 e. The van der Waals surface area contributed by atoms with Crippen LogP contribution < -0.4 is 5.73 Å². The van der Waals surface area contributed by atoms with E-state index >= 15 is 0 Å². The summed E-state index contributed by atoms with van der Waals surface area (Å²) in [6.07, 6.45) is 18.7. The van der Waals surface area contributed by atoms with Crippen molar-refractivity contribution in [3.8, 4) is 0 Å². The molecule has 0 radical (unpaired) electrons. The minimum absolute atomic E-state index is 0.0606. The van der Waals surface area contributed by atoms with Crippen molar-refractivity contribution < 1.29 is 22.6 Å². The fourth-order valence-corrected chi connectivity index (χ4v) is 4.24. The summed E-state index contributed by atoms with van der Waals surface area (Å²) in [4.78, 5) is 22.6. The first-order valence-corrected chi connectivity index (χ1v) is 13.2. The third kappa shape index (κ3) is 17.7. The lowest BCUT2D eigenvalue weighted by atomic mass is 10.0. The lowest BCUT2D eigenvalue weighted by Gasteiger charge is -2.18. The molecule has 0 aromatic rings. The first kappa shape index (κ1) is 28.9. The number of primary amides is 1. The van der Waals surface area contributed by atoms with Crippen LogP contribution in [0.1, 0.15) is 122 Å². The van der Waals surface area contributed by atoms with Gasteiger partial charge in [-0.2, -0.15) is 8.42 Å². The van der Waals surface area contributed by atoms with Gasteiger partial charge < -0.3 is 5.73 Å². The molecule has 3 N–H and O–H groups in total. The van der Waals surface area contributed by atoms with Crippen molar-refractivity contribution in [2.24, 2.45) is 5.73 Å². The van der Waals surface area contributed by atoms with Gasteiger partial charge in [0.15, 0.2) is 0 Å². The monoisotopic (exact) mass is 448 g/mol. The van der Waals surface area contributed by atoms with E-state index in [-0.39, 0.29) is 19.4 Å². The zero-order chi connectivity index (χ0) is 22.7. The summed E-state index contributed by atoms with van der Waals surface area (Å²) < 4.78 is 32.4. The summed E-state index contributed by atoms with van der Waals surface area (Å²) >= 11 is 0. The maximum atomic E-state index is 11.9. The molecule has 0 aromatic carbocycles. The van der Waals surface area contributed by atoms with E-state index < -0.39 is 22.1 Å². The highest BCUT2D eigenvalue weighted by Crippen LogP contribution is 2.14. The van der Waals surface area contributed by atoms with Crippen LogP contribution in [0.2, 0.25) is 0 Å². The van der Waals surface area contributed by atoms with Crippen molar-refractivity contribution in [3.63, 3.8) is 0 Å². The van der Waals surface area contributed by atoms with Gasteiger partial charge in [0.2, 0.25) is 11.8 Å². The predicted octanol–water partition coefficient (Wildman–Crippen LogP) is 5.14. The third-order valence-electron chi connectivity index (χ3n) is 5.36. The number of carbonyl (C=O) groups excluding carboxylic acids is 2. The Labute approximate surface area is 184 Å². The van der Waals surface area contributed by atoms with Crippen molar-refractivity contribution in [2.75, 3.05) is 6.54 Å². The molecule has 0 rings (SSSR count). The Morgan fingerprint density at radius 2 is 1.07 bits per heavy atom. The van der Waals surface area contributed by atoms with E-state index in [4.69, 9.17) is 5.73 Å². The van der Waals surface area contributed by atoms with E-state index in [1.54, 1.807) is 0 Å². The molecule has 0 aromatic heterocycles. The standard InChI is InChI=1S/C22H44N2O5S/c1-2-3-4-5-6-7-8-9-10-11-12-13-14-15-16-17-20-24(30(27,28)29)22(26)19-18-21(23)25/h2-20H2,1H3,(H2,23,25)(H,27,28,29). The number of nitrogens with zero attached hydrogens (tertiary/aromatic N) is 1. The quantitative estimate of drug-likeness (QED) is 0.186. The van der Waals surface area contributed by atoms with Crippen molar-refractivity contribution in [1.82, 2.24) is 4.31 Å². The molecule has 178 valence electrons. The zero-order valence-electron chi connectivity index (χ0n) is 18.9. The molecule has 0 unspecified atom stereocenters. The Bertz CT molecular complexity index is 552. The highest BCUT2D eigenvalue weighted by molar-refractivity contribution is 7.84. The Balaban J connectivity index is 3.62. The fourth-order valence-electron chi connectivity index (χ4n) is 3.53. The van der Waals surface area contributed by atoms with Crippen LogP contribution in [0.15, 0.2) is 0 Å². The Hall–Kier alpha value is -1.15. The van der Waals surface area contributed by atoms with E-state index in [2.05, 4.69) is 6.92 Å². The number of hydrogen-bond donors (Lipinski definition) is 2. The number of unbranched alkanes of at least 4 members (excludes halogenated alkanes) is 15. The number of nitrogens with two attached hydrogens (primary N) is 1. The van der Waals surface area contributed by atoms with Gasteiger partial charge in [-0.3, -0.25) is 14.1 Å². The topological polar surface area (TPSA) is 118 Å². The maximum Gasteiger partial charge on any atom is 0.362 e. The SMILES string of the molecule is CCCCCCCCCCCCCCCCCCN(C(=O)CCC(N)=O)S(=O)(=O)O. The number of hydrogen-bond acceptors (Lipinski definition) is 4. The average Bonchev–Trinajstić information content (AvgIpc) is 2.67. The first-order valence-electron chi connectivity index (χ1n) is 11.8. The molecule has 0 aliphatic rings. The van der Waals surface area contributed by atoms with E-state index in [1.807, 2.05) is 0 Å². The van der Waals surface area contributed by atoms with Crippen LogP contribution in [0.3, 0.4) is 0 Å². The second kappa shape index (κ2) is 18.6. The van der Waals surface area contributed by atoms with Gasteiger partial charge in [-0.15, -0.1) is 0 Å². The summed E-state index contributed by atoms with van der Waals surface area (Å²) in [6.45, 7) is 2.19. The minimum atomic E-state index is -4.60. The van der Waals surface area contributed by atoms with Crippen LogP contribution in [-0.2, 0) is 19.9 Å². The van der Waals surface area contributed by atoms with E-state index in [1.165, 1.54) is 77.0 Å². The van der Waals surface area contributed by atoms with E-state index in [9.17, 15) is 22.6 Å². The summed E-state index contributed by atoms with van der Waals surface area (Å²) in [5, 5.41) is 0. The van der Waals surface area contributed by atoms with Crippen molar-refractivity contribution in [2.45, 2.75) is 122 Å². The Morgan fingerprint density at radius 3 is 1.40 bits per heavy atom. The Kier molecular flexibility index (Phi) is 17.9. The van der Waals surface area contributed by atoms with Crippen LogP contribution in [0.25, 0.3) is 0 Å². The zero-order valence-corrected chi connectivity index (χ0v) is 19.8. The molecule has 0 atom stereocenters. The molecule has 0 aliphatic carbocycles. The van der Waals surface area contributed by atoms with Gasteiger partial charge in [0, 0.05) is 19.4 Å². The molecule has 0 saturated heterocycles. The molecule has 8 heteroatoms. The van der Waals surface area contributed by atoms with Gasteiger partial charge in [0.25, 0.3) is 0 Å². The van der Waals surface area contributed by atoms with Crippen LogP contribution in [0, 0.1) is 0 Å². The third-order valence-corrected chi connectivity index (χ3v) is 6.30. The number of carbonyl (C=O) groups is 2.